The van der Waals surface area contributed by atoms with Crippen molar-refractivity contribution in [2.45, 2.75) is 6.42 Å². The molecular formula is C16H14INO3. The minimum Gasteiger partial charge on any atom is -0.490 e. The van der Waals surface area contributed by atoms with Crippen molar-refractivity contribution in [3.63, 3.8) is 0 Å². The number of anilines is 1. The highest BCUT2D eigenvalue weighted by Gasteiger charge is 2.14. The van der Waals surface area contributed by atoms with Crippen LogP contribution in [0, 0.1) is 3.57 Å². The smallest absolute Gasteiger partial charge is 0.255 e. The summed E-state index contributed by atoms with van der Waals surface area (Å²) in [4.78, 5) is 12.3. The van der Waals surface area contributed by atoms with E-state index in [2.05, 4.69) is 27.9 Å². The van der Waals surface area contributed by atoms with E-state index >= 15 is 0 Å². The van der Waals surface area contributed by atoms with Crippen molar-refractivity contribution >= 4 is 34.2 Å². The third kappa shape index (κ3) is 3.29. The number of hydrogen-bond donors (Lipinski definition) is 1. The second kappa shape index (κ2) is 6.34. The predicted octanol–water partition coefficient (Wildman–Crippen LogP) is 3.70. The summed E-state index contributed by atoms with van der Waals surface area (Å²) in [5, 5.41) is 2.91. The van der Waals surface area contributed by atoms with Gasteiger partial charge in [-0.15, -0.1) is 0 Å². The highest BCUT2D eigenvalue weighted by atomic mass is 127. The molecule has 21 heavy (non-hydrogen) atoms. The van der Waals surface area contributed by atoms with Gasteiger partial charge in [0.25, 0.3) is 5.91 Å². The van der Waals surface area contributed by atoms with Crippen molar-refractivity contribution in [1.82, 2.24) is 0 Å². The van der Waals surface area contributed by atoms with Gasteiger partial charge >= 0.3 is 0 Å². The second-order valence-electron chi connectivity index (χ2n) is 4.65. The molecule has 1 heterocycles. The van der Waals surface area contributed by atoms with E-state index in [4.69, 9.17) is 9.47 Å². The number of para-hydroxylation sites is 1. The number of rotatable bonds is 2. The molecule has 0 bridgehead atoms. The summed E-state index contributed by atoms with van der Waals surface area (Å²) >= 11 is 2.19. The first-order chi connectivity index (χ1) is 10.2. The lowest BCUT2D eigenvalue weighted by molar-refractivity contribution is 0.102. The Morgan fingerprint density at radius 3 is 2.62 bits per heavy atom. The summed E-state index contributed by atoms with van der Waals surface area (Å²) in [5.74, 6) is 1.16. The fraction of sp³-hybridized carbons (Fsp3) is 0.188. The Balaban J connectivity index is 1.82. The molecule has 0 aromatic heterocycles. The van der Waals surface area contributed by atoms with Gasteiger partial charge in [-0.1, -0.05) is 12.1 Å². The molecule has 1 N–H and O–H groups in total. The van der Waals surface area contributed by atoms with Crippen LogP contribution < -0.4 is 14.8 Å². The number of amides is 1. The van der Waals surface area contributed by atoms with Crippen molar-refractivity contribution in [3.8, 4) is 11.5 Å². The molecule has 0 spiro atoms. The Labute approximate surface area is 136 Å². The second-order valence-corrected chi connectivity index (χ2v) is 5.81. The van der Waals surface area contributed by atoms with Crippen molar-refractivity contribution < 1.29 is 14.3 Å². The molecule has 0 unspecified atom stereocenters. The van der Waals surface area contributed by atoms with E-state index in [0.29, 0.717) is 30.3 Å². The number of fused-ring (bicyclic) bond motifs is 1. The molecule has 0 atom stereocenters. The third-order valence-corrected chi connectivity index (χ3v) is 4.07. The minimum atomic E-state index is -0.158. The maximum atomic E-state index is 12.3. The number of nitrogens with one attached hydrogen (secondary N) is 1. The van der Waals surface area contributed by atoms with Gasteiger partial charge < -0.3 is 14.8 Å². The van der Waals surface area contributed by atoms with Gasteiger partial charge in [-0.2, -0.15) is 0 Å². The van der Waals surface area contributed by atoms with E-state index in [1.807, 2.05) is 24.3 Å². The number of hydrogen-bond acceptors (Lipinski definition) is 3. The van der Waals surface area contributed by atoms with Crippen molar-refractivity contribution in [1.29, 1.82) is 0 Å². The maximum absolute atomic E-state index is 12.3. The van der Waals surface area contributed by atoms with E-state index in [1.165, 1.54) is 0 Å². The standard InChI is InChI=1S/C16H14INO3/c17-12-4-1-2-5-13(12)18-16(19)11-6-7-14-15(10-11)21-9-3-8-20-14/h1-2,4-7,10H,3,8-9H2,(H,18,19). The molecule has 2 aromatic rings. The lowest BCUT2D eigenvalue weighted by Crippen LogP contribution is -2.13. The summed E-state index contributed by atoms with van der Waals surface area (Å²) in [5.41, 5.74) is 1.36. The van der Waals surface area contributed by atoms with Crippen molar-refractivity contribution in [3.05, 3.63) is 51.6 Å². The summed E-state index contributed by atoms with van der Waals surface area (Å²) in [6, 6.07) is 12.9. The SMILES string of the molecule is O=C(Nc1ccccc1I)c1ccc2c(c1)OCCCO2. The van der Waals surface area contributed by atoms with Gasteiger partial charge in [0, 0.05) is 15.6 Å². The minimum absolute atomic E-state index is 0.158. The van der Waals surface area contributed by atoms with Crippen LogP contribution in [0.4, 0.5) is 5.69 Å². The van der Waals surface area contributed by atoms with Crippen LogP contribution in [0.1, 0.15) is 16.8 Å². The van der Waals surface area contributed by atoms with Gasteiger partial charge in [0.05, 0.1) is 18.9 Å². The Hall–Kier alpha value is -1.76. The molecule has 5 heteroatoms. The fourth-order valence-corrected chi connectivity index (χ4v) is 2.58. The zero-order chi connectivity index (χ0) is 14.7. The van der Waals surface area contributed by atoms with Gasteiger partial charge in [0.2, 0.25) is 0 Å². The third-order valence-electron chi connectivity index (χ3n) is 3.13. The highest BCUT2D eigenvalue weighted by molar-refractivity contribution is 14.1. The molecule has 108 valence electrons. The molecule has 0 saturated heterocycles. The first-order valence-corrected chi connectivity index (χ1v) is 7.77. The monoisotopic (exact) mass is 395 g/mol. The molecule has 0 aliphatic carbocycles. The summed E-state index contributed by atoms with van der Waals surface area (Å²) in [6.45, 7) is 1.25. The van der Waals surface area contributed by atoms with Gasteiger partial charge in [-0.25, -0.2) is 0 Å². The number of carbonyl (C=O) groups is 1. The van der Waals surface area contributed by atoms with Gasteiger partial charge in [0.15, 0.2) is 11.5 Å². The summed E-state index contributed by atoms with van der Waals surface area (Å²) < 4.78 is 12.2. The van der Waals surface area contributed by atoms with E-state index < -0.39 is 0 Å². The lowest BCUT2D eigenvalue weighted by Gasteiger charge is -2.10. The van der Waals surface area contributed by atoms with Crippen LogP contribution in [0.25, 0.3) is 0 Å². The van der Waals surface area contributed by atoms with E-state index in [-0.39, 0.29) is 5.91 Å². The number of benzene rings is 2. The van der Waals surface area contributed by atoms with E-state index in [0.717, 1.165) is 15.7 Å². The number of carbonyl (C=O) groups excluding carboxylic acids is 1. The first kappa shape index (κ1) is 14.2. The molecule has 4 nitrogen and oxygen atoms in total. The maximum Gasteiger partial charge on any atom is 0.255 e. The quantitative estimate of drug-likeness (QED) is 0.789. The molecule has 1 aliphatic heterocycles. The average Bonchev–Trinajstić information content (AvgIpc) is 2.74. The molecule has 3 rings (SSSR count). The zero-order valence-corrected chi connectivity index (χ0v) is 13.4. The van der Waals surface area contributed by atoms with Gasteiger partial charge in [-0.05, 0) is 52.9 Å². The average molecular weight is 395 g/mol. The van der Waals surface area contributed by atoms with E-state index in [9.17, 15) is 4.79 Å². The highest BCUT2D eigenvalue weighted by Crippen LogP contribution is 2.30. The Bertz CT molecular complexity index is 672. The first-order valence-electron chi connectivity index (χ1n) is 6.69. The predicted molar refractivity (Wildman–Crippen MR) is 89.2 cm³/mol. The number of halogens is 1. The molecular weight excluding hydrogens is 381 g/mol. The molecule has 0 saturated carbocycles. The number of ether oxygens (including phenoxy) is 2. The fourth-order valence-electron chi connectivity index (χ4n) is 2.06. The topological polar surface area (TPSA) is 47.6 Å². The van der Waals surface area contributed by atoms with Crippen molar-refractivity contribution in [2.75, 3.05) is 18.5 Å². The van der Waals surface area contributed by atoms with Crippen LogP contribution in [-0.4, -0.2) is 19.1 Å². The zero-order valence-electron chi connectivity index (χ0n) is 11.3. The van der Waals surface area contributed by atoms with Gasteiger partial charge in [-0.3, -0.25) is 4.79 Å². The van der Waals surface area contributed by atoms with Crippen LogP contribution in [-0.2, 0) is 0 Å². The molecule has 0 radical (unpaired) electrons. The van der Waals surface area contributed by atoms with Gasteiger partial charge in [0.1, 0.15) is 0 Å². The Morgan fingerprint density at radius 2 is 1.81 bits per heavy atom. The normalized spacial score (nSPS) is 13.4. The van der Waals surface area contributed by atoms with Crippen LogP contribution in [0.15, 0.2) is 42.5 Å². The summed E-state index contributed by atoms with van der Waals surface area (Å²) in [6.07, 6.45) is 0.846. The van der Waals surface area contributed by atoms with Crippen LogP contribution in [0.3, 0.4) is 0 Å². The van der Waals surface area contributed by atoms with E-state index in [1.54, 1.807) is 18.2 Å². The molecule has 1 aliphatic rings. The van der Waals surface area contributed by atoms with Crippen LogP contribution >= 0.6 is 22.6 Å². The Morgan fingerprint density at radius 1 is 1.05 bits per heavy atom. The largest absolute Gasteiger partial charge is 0.490 e. The van der Waals surface area contributed by atoms with Crippen LogP contribution in [0.2, 0.25) is 0 Å². The lowest BCUT2D eigenvalue weighted by atomic mass is 10.2. The van der Waals surface area contributed by atoms with Crippen LogP contribution in [0.5, 0.6) is 11.5 Å². The molecule has 2 aromatic carbocycles. The summed E-state index contributed by atoms with van der Waals surface area (Å²) in [7, 11) is 0. The van der Waals surface area contributed by atoms with Crippen molar-refractivity contribution in [2.24, 2.45) is 0 Å². The molecule has 1 amide bonds. The molecule has 0 fully saturated rings. The Kier molecular flexibility index (Phi) is 4.28.